The van der Waals surface area contributed by atoms with Crippen LogP contribution in [0.4, 0.5) is 10.5 Å². The Morgan fingerprint density at radius 1 is 1.14 bits per heavy atom. The lowest BCUT2D eigenvalue weighted by Crippen LogP contribution is -2.40. The number of nitrogens with zero attached hydrogens (tertiary/aromatic N) is 2. The van der Waals surface area contributed by atoms with Crippen molar-refractivity contribution >= 4 is 27.7 Å². The second-order valence-electron chi connectivity index (χ2n) is 7.86. The molecule has 2 saturated heterocycles. The lowest BCUT2D eigenvalue weighted by Gasteiger charge is -2.33. The van der Waals surface area contributed by atoms with Crippen molar-refractivity contribution in [1.29, 1.82) is 0 Å². The molecule has 2 aliphatic heterocycles. The second-order valence-corrected chi connectivity index (χ2v) is 8.71. The molecule has 6 heteroatoms. The lowest BCUT2D eigenvalue weighted by atomic mass is 9.90. The van der Waals surface area contributed by atoms with Crippen molar-refractivity contribution in [2.75, 3.05) is 38.2 Å². The smallest absolute Gasteiger partial charge is 0.414 e. The fourth-order valence-electron chi connectivity index (χ4n) is 4.24. The van der Waals surface area contributed by atoms with E-state index in [1.807, 2.05) is 36.4 Å². The molecule has 2 aromatic carbocycles. The quantitative estimate of drug-likeness (QED) is 0.626. The van der Waals surface area contributed by atoms with Gasteiger partial charge in [-0.25, -0.2) is 4.79 Å². The summed E-state index contributed by atoms with van der Waals surface area (Å²) in [4.78, 5) is 16.4. The van der Waals surface area contributed by atoms with Crippen LogP contribution in [0.2, 0.25) is 0 Å². The average Bonchev–Trinajstić information content (AvgIpc) is 3.11. The van der Waals surface area contributed by atoms with Crippen LogP contribution in [0.3, 0.4) is 0 Å². The number of piperidine rings is 1. The van der Waals surface area contributed by atoms with Gasteiger partial charge in [0.2, 0.25) is 0 Å². The molecule has 2 heterocycles. The summed E-state index contributed by atoms with van der Waals surface area (Å²) in [5.41, 5.74) is 2.22. The first kappa shape index (κ1) is 20.2. The molecule has 2 aromatic rings. The molecule has 0 saturated carbocycles. The van der Waals surface area contributed by atoms with Crippen molar-refractivity contribution in [3.8, 4) is 5.75 Å². The predicted molar refractivity (Wildman–Crippen MR) is 118 cm³/mol. The maximum Gasteiger partial charge on any atom is 0.414 e. The molecule has 1 unspecified atom stereocenters. The van der Waals surface area contributed by atoms with E-state index in [0.29, 0.717) is 12.5 Å². The van der Waals surface area contributed by atoms with Crippen LogP contribution in [0.1, 0.15) is 18.4 Å². The van der Waals surface area contributed by atoms with Crippen LogP contribution in [0.25, 0.3) is 0 Å². The van der Waals surface area contributed by atoms with Crippen LogP contribution in [-0.2, 0) is 11.2 Å². The molecule has 5 nitrogen and oxygen atoms in total. The SMILES string of the molecule is COc1ccc(Br)c(CC2CCN(CC3CN(c4ccccc4)C(=O)O3)CC2)c1. The van der Waals surface area contributed by atoms with Crippen molar-refractivity contribution in [3.05, 3.63) is 58.6 Å². The normalized spacial score (nSPS) is 20.7. The summed E-state index contributed by atoms with van der Waals surface area (Å²) in [6.45, 7) is 3.53. The molecule has 29 heavy (non-hydrogen) atoms. The minimum absolute atomic E-state index is 0.0632. The van der Waals surface area contributed by atoms with E-state index in [0.717, 1.165) is 54.8 Å². The molecule has 2 aliphatic rings. The molecule has 2 fully saturated rings. The predicted octanol–water partition coefficient (Wildman–Crippen LogP) is 4.74. The number of cyclic esters (lactones) is 1. The highest BCUT2D eigenvalue weighted by atomic mass is 79.9. The second kappa shape index (κ2) is 9.18. The van der Waals surface area contributed by atoms with E-state index >= 15 is 0 Å². The van der Waals surface area contributed by atoms with Gasteiger partial charge in [0, 0.05) is 16.7 Å². The van der Waals surface area contributed by atoms with Gasteiger partial charge in [-0.2, -0.15) is 0 Å². The molecule has 0 bridgehead atoms. The molecule has 1 amide bonds. The van der Waals surface area contributed by atoms with E-state index < -0.39 is 0 Å². The molecule has 0 N–H and O–H groups in total. The Bertz CT molecular complexity index is 837. The summed E-state index contributed by atoms with van der Waals surface area (Å²) >= 11 is 3.67. The number of carbonyl (C=O) groups is 1. The minimum Gasteiger partial charge on any atom is -0.497 e. The molecule has 1 atom stereocenters. The van der Waals surface area contributed by atoms with Gasteiger partial charge >= 0.3 is 6.09 Å². The number of hydrogen-bond acceptors (Lipinski definition) is 4. The van der Waals surface area contributed by atoms with Crippen molar-refractivity contribution in [1.82, 2.24) is 4.90 Å². The number of rotatable bonds is 6. The summed E-state index contributed by atoms with van der Waals surface area (Å²) in [6, 6.07) is 15.9. The first-order chi connectivity index (χ1) is 14.1. The first-order valence-corrected chi connectivity index (χ1v) is 11.0. The number of carbonyl (C=O) groups excluding carboxylic acids is 1. The van der Waals surface area contributed by atoms with E-state index in [1.54, 1.807) is 12.0 Å². The lowest BCUT2D eigenvalue weighted by molar-refractivity contribution is 0.0914. The number of hydrogen-bond donors (Lipinski definition) is 0. The summed E-state index contributed by atoms with van der Waals surface area (Å²) < 4.78 is 12.1. The van der Waals surface area contributed by atoms with Crippen LogP contribution in [0, 0.1) is 5.92 Å². The maximum absolute atomic E-state index is 12.2. The summed E-state index contributed by atoms with van der Waals surface area (Å²) in [6.07, 6.45) is 3.08. The van der Waals surface area contributed by atoms with E-state index in [4.69, 9.17) is 9.47 Å². The molecule has 0 radical (unpaired) electrons. The Labute approximate surface area is 180 Å². The Kier molecular flexibility index (Phi) is 6.40. The highest BCUT2D eigenvalue weighted by Gasteiger charge is 2.34. The zero-order valence-corrected chi connectivity index (χ0v) is 18.3. The fraction of sp³-hybridized carbons (Fsp3) is 0.435. The van der Waals surface area contributed by atoms with E-state index in [1.165, 1.54) is 5.56 Å². The van der Waals surface area contributed by atoms with Crippen molar-refractivity contribution in [2.45, 2.75) is 25.4 Å². The number of benzene rings is 2. The number of likely N-dealkylation sites (tertiary alicyclic amines) is 1. The number of ether oxygens (including phenoxy) is 2. The number of amides is 1. The Morgan fingerprint density at radius 2 is 1.90 bits per heavy atom. The van der Waals surface area contributed by atoms with Crippen LogP contribution in [0.5, 0.6) is 5.75 Å². The van der Waals surface area contributed by atoms with Gasteiger partial charge in [-0.1, -0.05) is 34.1 Å². The molecular formula is C23H27BrN2O3. The van der Waals surface area contributed by atoms with Crippen LogP contribution < -0.4 is 9.64 Å². The van der Waals surface area contributed by atoms with Gasteiger partial charge < -0.3 is 9.47 Å². The topological polar surface area (TPSA) is 42.0 Å². The Hall–Kier alpha value is -2.05. The van der Waals surface area contributed by atoms with Crippen LogP contribution in [0.15, 0.2) is 53.0 Å². The van der Waals surface area contributed by atoms with Gasteiger partial charge in [0.05, 0.1) is 13.7 Å². The third-order valence-electron chi connectivity index (χ3n) is 5.87. The van der Waals surface area contributed by atoms with Gasteiger partial charge in [-0.15, -0.1) is 0 Å². The van der Waals surface area contributed by atoms with Crippen LogP contribution in [-0.4, -0.2) is 50.4 Å². The third kappa shape index (κ3) is 4.93. The van der Waals surface area contributed by atoms with E-state index in [2.05, 4.69) is 33.0 Å². The third-order valence-corrected chi connectivity index (χ3v) is 6.65. The van der Waals surface area contributed by atoms with E-state index in [9.17, 15) is 4.79 Å². The molecule has 0 aromatic heterocycles. The zero-order chi connectivity index (χ0) is 20.2. The summed E-state index contributed by atoms with van der Waals surface area (Å²) in [5, 5.41) is 0. The Morgan fingerprint density at radius 3 is 2.62 bits per heavy atom. The van der Waals surface area contributed by atoms with Crippen LogP contribution >= 0.6 is 15.9 Å². The maximum atomic E-state index is 12.2. The van der Waals surface area contributed by atoms with Gasteiger partial charge in [-0.05, 0) is 74.2 Å². The van der Waals surface area contributed by atoms with E-state index in [-0.39, 0.29) is 12.2 Å². The van der Waals surface area contributed by atoms with Crippen molar-refractivity contribution in [3.63, 3.8) is 0 Å². The number of para-hydroxylation sites is 1. The average molecular weight is 459 g/mol. The number of methoxy groups -OCH3 is 1. The molecular weight excluding hydrogens is 432 g/mol. The zero-order valence-electron chi connectivity index (χ0n) is 16.7. The van der Waals surface area contributed by atoms with Crippen molar-refractivity contribution in [2.24, 2.45) is 5.92 Å². The summed E-state index contributed by atoms with van der Waals surface area (Å²) in [5.74, 6) is 1.58. The number of halogens is 1. The van der Waals surface area contributed by atoms with Gasteiger partial charge in [0.15, 0.2) is 0 Å². The Balaban J connectivity index is 1.27. The first-order valence-electron chi connectivity index (χ1n) is 10.2. The monoisotopic (exact) mass is 458 g/mol. The van der Waals surface area contributed by atoms with Gasteiger partial charge in [0.1, 0.15) is 11.9 Å². The van der Waals surface area contributed by atoms with Gasteiger partial charge in [0.25, 0.3) is 0 Å². The highest BCUT2D eigenvalue weighted by Crippen LogP contribution is 2.29. The standard InChI is InChI=1S/C23H27BrN2O3/c1-28-20-7-8-22(24)18(14-20)13-17-9-11-25(12-10-17)15-21-16-26(23(27)29-21)19-5-3-2-4-6-19/h2-8,14,17,21H,9-13,15-16H2,1H3. The highest BCUT2D eigenvalue weighted by molar-refractivity contribution is 9.10. The molecule has 0 aliphatic carbocycles. The molecule has 4 rings (SSSR count). The molecule has 154 valence electrons. The summed E-state index contributed by atoms with van der Waals surface area (Å²) in [7, 11) is 1.71. The largest absolute Gasteiger partial charge is 0.497 e. The number of anilines is 1. The minimum atomic E-state index is -0.237. The van der Waals surface area contributed by atoms with Crippen molar-refractivity contribution < 1.29 is 14.3 Å². The molecule has 0 spiro atoms. The fourth-order valence-corrected chi connectivity index (χ4v) is 4.65. The van der Waals surface area contributed by atoms with Gasteiger partial charge in [-0.3, -0.25) is 9.80 Å².